The van der Waals surface area contributed by atoms with E-state index in [2.05, 4.69) is 12.0 Å². The molecule has 0 amide bonds. The Bertz CT molecular complexity index is 542. The summed E-state index contributed by atoms with van der Waals surface area (Å²) in [6.07, 6.45) is 3.02. The lowest BCUT2D eigenvalue weighted by molar-refractivity contribution is 0.0702. The molecule has 17 heavy (non-hydrogen) atoms. The van der Waals surface area contributed by atoms with Crippen LogP contribution in [0.3, 0.4) is 0 Å². The molecule has 0 saturated heterocycles. The topological polar surface area (TPSA) is 55.1 Å². The normalized spacial score (nSPS) is 10.7. The van der Waals surface area contributed by atoms with E-state index in [0.717, 1.165) is 29.1 Å². The first-order valence-electron chi connectivity index (χ1n) is 5.49. The van der Waals surface area contributed by atoms with Crippen LogP contribution >= 0.6 is 11.3 Å². The van der Waals surface area contributed by atoms with Crippen LogP contribution in [0.25, 0.3) is 10.4 Å². The van der Waals surface area contributed by atoms with Crippen LogP contribution in [-0.4, -0.2) is 20.9 Å². The summed E-state index contributed by atoms with van der Waals surface area (Å²) in [7, 11) is 0. The second-order valence-corrected chi connectivity index (χ2v) is 4.94. The number of carbonyl (C=O) groups is 1. The fourth-order valence-corrected chi connectivity index (χ4v) is 2.61. The molecule has 2 aromatic rings. The van der Waals surface area contributed by atoms with E-state index in [0.29, 0.717) is 4.88 Å². The van der Waals surface area contributed by atoms with Gasteiger partial charge in [0.15, 0.2) is 0 Å². The molecule has 0 aromatic carbocycles. The van der Waals surface area contributed by atoms with Crippen LogP contribution in [0.1, 0.15) is 28.7 Å². The first-order valence-corrected chi connectivity index (χ1v) is 6.31. The molecular weight excluding hydrogens is 236 g/mol. The minimum Gasteiger partial charge on any atom is -0.477 e. The SMILES string of the molecule is CCCn1cc(-c2ccc(C(=O)O)s2)c(C)n1. The van der Waals surface area contributed by atoms with Gasteiger partial charge in [0.05, 0.1) is 5.69 Å². The molecule has 2 aromatic heterocycles. The Morgan fingerprint density at radius 3 is 2.88 bits per heavy atom. The lowest BCUT2D eigenvalue weighted by Crippen LogP contribution is -1.96. The highest BCUT2D eigenvalue weighted by molar-refractivity contribution is 7.17. The maximum absolute atomic E-state index is 10.8. The third-order valence-corrected chi connectivity index (χ3v) is 3.59. The summed E-state index contributed by atoms with van der Waals surface area (Å²) in [5, 5.41) is 13.3. The predicted octanol–water partition coefficient (Wildman–Crippen LogP) is 3.03. The number of hydrogen-bond donors (Lipinski definition) is 1. The highest BCUT2D eigenvalue weighted by atomic mass is 32.1. The standard InChI is InChI=1S/C12H14N2O2S/c1-3-6-14-7-9(8(2)13-14)10-4-5-11(17-10)12(15)16/h4-5,7H,3,6H2,1-2H3,(H,15,16). The van der Waals surface area contributed by atoms with Crippen molar-refractivity contribution in [2.24, 2.45) is 0 Å². The molecule has 0 aliphatic rings. The lowest BCUT2D eigenvalue weighted by atomic mass is 10.2. The Labute approximate surface area is 104 Å². The van der Waals surface area contributed by atoms with Gasteiger partial charge in [-0.2, -0.15) is 5.10 Å². The van der Waals surface area contributed by atoms with Gasteiger partial charge in [-0.05, 0) is 25.5 Å². The van der Waals surface area contributed by atoms with Crippen molar-refractivity contribution in [3.05, 3.63) is 28.9 Å². The average Bonchev–Trinajstić information content (AvgIpc) is 2.85. The number of thiophene rings is 1. The van der Waals surface area contributed by atoms with Crippen LogP contribution in [0.15, 0.2) is 18.3 Å². The van der Waals surface area contributed by atoms with Crippen LogP contribution in [0.5, 0.6) is 0 Å². The lowest BCUT2D eigenvalue weighted by Gasteiger charge is -1.94. The zero-order valence-electron chi connectivity index (χ0n) is 9.80. The summed E-state index contributed by atoms with van der Waals surface area (Å²) in [5.41, 5.74) is 1.97. The Hall–Kier alpha value is -1.62. The van der Waals surface area contributed by atoms with E-state index in [4.69, 9.17) is 5.11 Å². The van der Waals surface area contributed by atoms with E-state index in [9.17, 15) is 4.79 Å². The molecule has 90 valence electrons. The van der Waals surface area contributed by atoms with Crippen molar-refractivity contribution in [1.82, 2.24) is 9.78 Å². The summed E-state index contributed by atoms with van der Waals surface area (Å²) >= 11 is 1.29. The number of hydrogen-bond acceptors (Lipinski definition) is 3. The Morgan fingerprint density at radius 2 is 2.29 bits per heavy atom. The minimum atomic E-state index is -0.875. The fraction of sp³-hybridized carbons (Fsp3) is 0.333. The van der Waals surface area contributed by atoms with Crippen molar-refractivity contribution in [1.29, 1.82) is 0 Å². The number of carboxylic acids is 1. The monoisotopic (exact) mass is 250 g/mol. The molecule has 0 spiro atoms. The van der Waals surface area contributed by atoms with Gasteiger partial charge in [-0.25, -0.2) is 4.79 Å². The summed E-state index contributed by atoms with van der Waals surface area (Å²) in [6.45, 7) is 4.93. The van der Waals surface area contributed by atoms with Gasteiger partial charge in [-0.1, -0.05) is 6.92 Å². The molecule has 0 fully saturated rings. The van der Waals surface area contributed by atoms with E-state index in [1.807, 2.05) is 23.9 Å². The van der Waals surface area contributed by atoms with E-state index in [-0.39, 0.29) is 0 Å². The van der Waals surface area contributed by atoms with Crippen LogP contribution in [0, 0.1) is 6.92 Å². The van der Waals surface area contributed by atoms with Crippen molar-refractivity contribution >= 4 is 17.3 Å². The molecular formula is C12H14N2O2S. The van der Waals surface area contributed by atoms with Crippen molar-refractivity contribution in [2.75, 3.05) is 0 Å². The van der Waals surface area contributed by atoms with Gasteiger partial charge in [-0.15, -0.1) is 11.3 Å². The van der Waals surface area contributed by atoms with Crippen LogP contribution in [-0.2, 0) is 6.54 Å². The molecule has 0 atom stereocenters. The zero-order chi connectivity index (χ0) is 12.4. The second kappa shape index (κ2) is 4.71. The number of aryl methyl sites for hydroxylation is 2. The van der Waals surface area contributed by atoms with E-state index >= 15 is 0 Å². The Kier molecular flexibility index (Phi) is 3.28. The molecule has 0 radical (unpaired) electrons. The predicted molar refractivity (Wildman–Crippen MR) is 67.5 cm³/mol. The van der Waals surface area contributed by atoms with Crippen LogP contribution in [0.4, 0.5) is 0 Å². The third-order valence-electron chi connectivity index (χ3n) is 2.48. The maximum atomic E-state index is 10.8. The largest absolute Gasteiger partial charge is 0.477 e. The van der Waals surface area contributed by atoms with E-state index < -0.39 is 5.97 Å². The number of rotatable bonds is 4. The number of nitrogens with zero attached hydrogens (tertiary/aromatic N) is 2. The molecule has 0 aliphatic heterocycles. The quantitative estimate of drug-likeness (QED) is 0.907. The molecule has 2 heterocycles. The number of carboxylic acid groups (broad SMARTS) is 1. The molecule has 0 bridgehead atoms. The molecule has 0 aliphatic carbocycles. The molecule has 0 saturated carbocycles. The van der Waals surface area contributed by atoms with Crippen molar-refractivity contribution in [2.45, 2.75) is 26.8 Å². The smallest absolute Gasteiger partial charge is 0.345 e. The fourth-order valence-electron chi connectivity index (χ4n) is 1.70. The van der Waals surface area contributed by atoms with Gasteiger partial charge >= 0.3 is 5.97 Å². The second-order valence-electron chi connectivity index (χ2n) is 3.86. The molecule has 4 nitrogen and oxygen atoms in total. The molecule has 5 heteroatoms. The Morgan fingerprint density at radius 1 is 1.53 bits per heavy atom. The molecule has 2 rings (SSSR count). The number of aromatic nitrogens is 2. The van der Waals surface area contributed by atoms with E-state index in [1.165, 1.54) is 11.3 Å². The van der Waals surface area contributed by atoms with Crippen molar-refractivity contribution in [3.8, 4) is 10.4 Å². The van der Waals surface area contributed by atoms with Gasteiger partial charge in [0.1, 0.15) is 4.88 Å². The van der Waals surface area contributed by atoms with Gasteiger partial charge in [0, 0.05) is 23.2 Å². The van der Waals surface area contributed by atoms with E-state index in [1.54, 1.807) is 6.07 Å². The highest BCUT2D eigenvalue weighted by Crippen LogP contribution is 2.30. The zero-order valence-corrected chi connectivity index (χ0v) is 10.6. The molecule has 1 N–H and O–H groups in total. The van der Waals surface area contributed by atoms with Crippen LogP contribution in [0.2, 0.25) is 0 Å². The summed E-state index contributed by atoms with van der Waals surface area (Å²) in [6, 6.07) is 3.48. The van der Waals surface area contributed by atoms with Gasteiger partial charge in [-0.3, -0.25) is 4.68 Å². The summed E-state index contributed by atoms with van der Waals surface area (Å²) < 4.78 is 1.91. The number of aromatic carboxylic acids is 1. The van der Waals surface area contributed by atoms with Gasteiger partial charge in [0.2, 0.25) is 0 Å². The van der Waals surface area contributed by atoms with Crippen molar-refractivity contribution in [3.63, 3.8) is 0 Å². The van der Waals surface area contributed by atoms with Gasteiger partial charge in [0.25, 0.3) is 0 Å². The maximum Gasteiger partial charge on any atom is 0.345 e. The average molecular weight is 250 g/mol. The summed E-state index contributed by atoms with van der Waals surface area (Å²) in [5.74, 6) is -0.875. The van der Waals surface area contributed by atoms with Gasteiger partial charge < -0.3 is 5.11 Å². The first-order chi connectivity index (χ1) is 8.11. The Balaban J connectivity index is 2.34. The molecule has 0 unspecified atom stereocenters. The third kappa shape index (κ3) is 2.39. The van der Waals surface area contributed by atoms with Crippen LogP contribution < -0.4 is 0 Å². The summed E-state index contributed by atoms with van der Waals surface area (Å²) in [4.78, 5) is 12.2. The highest BCUT2D eigenvalue weighted by Gasteiger charge is 2.12. The first kappa shape index (κ1) is 11.9. The van der Waals surface area contributed by atoms with Crippen molar-refractivity contribution < 1.29 is 9.90 Å². The minimum absolute atomic E-state index is 0.364.